The number of amides is 2. The highest BCUT2D eigenvalue weighted by atomic mass is 16.2. The van der Waals surface area contributed by atoms with Gasteiger partial charge in [0.05, 0.1) is 0 Å². The Morgan fingerprint density at radius 2 is 2.00 bits per heavy atom. The minimum atomic E-state index is -0.0509. The molecular formula is C19H29N5O2. The van der Waals surface area contributed by atoms with Gasteiger partial charge < -0.3 is 20.4 Å². The second-order valence-electron chi connectivity index (χ2n) is 6.44. The van der Waals surface area contributed by atoms with Gasteiger partial charge in [-0.15, -0.1) is 0 Å². The molecule has 0 atom stereocenters. The average Bonchev–Trinajstić information content (AvgIpc) is 3.06. The highest BCUT2D eigenvalue weighted by molar-refractivity contribution is 5.95. The van der Waals surface area contributed by atoms with Crippen LogP contribution in [0.3, 0.4) is 0 Å². The predicted molar refractivity (Wildman–Crippen MR) is 104 cm³/mol. The number of hydrogen-bond acceptors (Lipinski definition) is 3. The van der Waals surface area contributed by atoms with Crippen LogP contribution in [0.25, 0.3) is 0 Å². The van der Waals surface area contributed by atoms with Crippen LogP contribution >= 0.6 is 0 Å². The van der Waals surface area contributed by atoms with E-state index >= 15 is 0 Å². The number of carbonyl (C=O) groups is 2. The molecule has 26 heavy (non-hydrogen) atoms. The van der Waals surface area contributed by atoms with E-state index in [2.05, 4.69) is 21.7 Å². The Morgan fingerprint density at radius 3 is 2.73 bits per heavy atom. The Hall–Kier alpha value is -2.57. The number of anilines is 1. The number of hydrogen-bond donors (Lipinski definition) is 2. The molecule has 7 heteroatoms. The molecule has 0 aliphatic carbocycles. The van der Waals surface area contributed by atoms with E-state index in [1.807, 2.05) is 30.0 Å². The van der Waals surface area contributed by atoms with Crippen molar-refractivity contribution in [2.75, 3.05) is 45.2 Å². The molecule has 0 spiro atoms. The zero-order valence-corrected chi connectivity index (χ0v) is 15.9. The number of guanidine groups is 1. The van der Waals surface area contributed by atoms with Gasteiger partial charge >= 0.3 is 0 Å². The van der Waals surface area contributed by atoms with Gasteiger partial charge in [0.15, 0.2) is 5.96 Å². The van der Waals surface area contributed by atoms with Crippen molar-refractivity contribution in [1.82, 2.24) is 15.5 Å². The van der Waals surface area contributed by atoms with Crippen molar-refractivity contribution in [2.24, 2.45) is 4.99 Å². The predicted octanol–water partition coefficient (Wildman–Crippen LogP) is 0.999. The van der Waals surface area contributed by atoms with E-state index in [1.54, 1.807) is 14.1 Å². The Morgan fingerprint density at radius 1 is 1.23 bits per heavy atom. The summed E-state index contributed by atoms with van der Waals surface area (Å²) in [6.07, 6.45) is 2.12. The third-order valence-corrected chi connectivity index (χ3v) is 4.26. The zero-order valence-electron chi connectivity index (χ0n) is 15.9. The van der Waals surface area contributed by atoms with Crippen molar-refractivity contribution < 1.29 is 9.59 Å². The molecule has 0 fully saturated rings. The zero-order chi connectivity index (χ0) is 18.9. The first-order chi connectivity index (χ1) is 12.5. The minimum Gasteiger partial charge on any atom is -0.357 e. The highest BCUT2D eigenvalue weighted by Gasteiger charge is 2.23. The number of carbonyl (C=O) groups excluding carboxylic acids is 2. The molecule has 7 nitrogen and oxygen atoms in total. The first-order valence-corrected chi connectivity index (χ1v) is 9.13. The summed E-state index contributed by atoms with van der Waals surface area (Å²) in [6, 6.07) is 8.08. The van der Waals surface area contributed by atoms with Gasteiger partial charge in [0.2, 0.25) is 11.8 Å². The summed E-state index contributed by atoms with van der Waals surface area (Å²) in [5.74, 6) is 0.702. The van der Waals surface area contributed by atoms with Crippen LogP contribution in [0.15, 0.2) is 29.3 Å². The standard InChI is InChI=1S/C19H29N5O2/c1-4-20-19(22-14-18(26)23(2)3)21-12-7-10-17(25)24-13-11-15-8-5-6-9-16(15)24/h5-6,8-9H,4,7,10-14H2,1-3H3,(H2,20,21,22). The Balaban J connectivity index is 1.77. The highest BCUT2D eigenvalue weighted by Crippen LogP contribution is 2.27. The number of aliphatic imine (C=N–C) groups is 1. The van der Waals surface area contributed by atoms with Crippen LogP contribution in [0.5, 0.6) is 0 Å². The second kappa shape index (κ2) is 9.79. The van der Waals surface area contributed by atoms with Gasteiger partial charge in [-0.05, 0) is 31.4 Å². The summed E-state index contributed by atoms with van der Waals surface area (Å²) in [5.41, 5.74) is 2.29. The molecule has 0 saturated carbocycles. The van der Waals surface area contributed by atoms with Crippen LogP contribution in [-0.4, -0.2) is 62.9 Å². The van der Waals surface area contributed by atoms with Crippen molar-refractivity contribution in [3.63, 3.8) is 0 Å². The molecule has 2 N–H and O–H groups in total. The summed E-state index contributed by atoms with van der Waals surface area (Å²) < 4.78 is 0. The van der Waals surface area contributed by atoms with Gasteiger partial charge in [0.25, 0.3) is 0 Å². The first-order valence-electron chi connectivity index (χ1n) is 9.13. The third-order valence-electron chi connectivity index (χ3n) is 4.26. The molecule has 1 aliphatic heterocycles. The fourth-order valence-electron chi connectivity index (χ4n) is 2.81. The smallest absolute Gasteiger partial charge is 0.243 e. The summed E-state index contributed by atoms with van der Waals surface area (Å²) in [5, 5.41) is 6.28. The lowest BCUT2D eigenvalue weighted by Gasteiger charge is -2.17. The quantitative estimate of drug-likeness (QED) is 0.433. The first kappa shape index (κ1) is 19.8. The van der Waals surface area contributed by atoms with Gasteiger partial charge in [-0.1, -0.05) is 18.2 Å². The van der Waals surface area contributed by atoms with Gasteiger partial charge in [0, 0.05) is 45.8 Å². The molecule has 0 aromatic heterocycles. The summed E-state index contributed by atoms with van der Waals surface area (Å²) in [6.45, 7) is 4.18. The number of benzene rings is 1. The molecule has 0 saturated heterocycles. The number of para-hydroxylation sites is 1. The molecular weight excluding hydrogens is 330 g/mol. The number of rotatable bonds is 7. The molecule has 1 aromatic rings. The normalized spacial score (nSPS) is 13.3. The van der Waals surface area contributed by atoms with Gasteiger partial charge in [-0.2, -0.15) is 0 Å². The molecule has 2 rings (SSSR count). The van der Waals surface area contributed by atoms with E-state index in [0.29, 0.717) is 31.9 Å². The number of nitrogens with zero attached hydrogens (tertiary/aromatic N) is 3. The van der Waals surface area contributed by atoms with Crippen molar-refractivity contribution in [3.05, 3.63) is 29.8 Å². The lowest BCUT2D eigenvalue weighted by atomic mass is 10.2. The van der Waals surface area contributed by atoms with E-state index in [4.69, 9.17) is 0 Å². The largest absolute Gasteiger partial charge is 0.357 e. The fourth-order valence-corrected chi connectivity index (χ4v) is 2.81. The van der Waals surface area contributed by atoms with E-state index in [1.165, 1.54) is 10.5 Å². The molecule has 0 radical (unpaired) electrons. The maximum absolute atomic E-state index is 12.5. The molecule has 1 aliphatic rings. The third kappa shape index (κ3) is 5.47. The lowest BCUT2D eigenvalue weighted by molar-refractivity contribution is -0.127. The van der Waals surface area contributed by atoms with Crippen LogP contribution in [-0.2, 0) is 16.0 Å². The van der Waals surface area contributed by atoms with Crippen molar-refractivity contribution in [3.8, 4) is 0 Å². The maximum Gasteiger partial charge on any atom is 0.243 e. The van der Waals surface area contributed by atoms with Crippen LogP contribution in [0, 0.1) is 0 Å². The molecule has 1 aromatic carbocycles. The van der Waals surface area contributed by atoms with Crippen LogP contribution in [0.4, 0.5) is 5.69 Å². The molecule has 142 valence electrons. The van der Waals surface area contributed by atoms with E-state index < -0.39 is 0 Å². The van der Waals surface area contributed by atoms with Gasteiger partial charge in [0.1, 0.15) is 6.54 Å². The van der Waals surface area contributed by atoms with E-state index in [-0.39, 0.29) is 18.4 Å². The SMILES string of the molecule is CCNC(=NCC(=O)N(C)C)NCCCC(=O)N1CCc2ccccc21. The number of nitrogens with one attached hydrogen (secondary N) is 2. The van der Waals surface area contributed by atoms with Crippen molar-refractivity contribution >= 4 is 23.5 Å². The number of likely N-dealkylation sites (N-methyl/N-ethyl adjacent to an activating group) is 1. The second-order valence-corrected chi connectivity index (χ2v) is 6.44. The molecule has 2 amide bonds. The maximum atomic E-state index is 12.5. The van der Waals surface area contributed by atoms with Crippen LogP contribution < -0.4 is 15.5 Å². The van der Waals surface area contributed by atoms with E-state index in [9.17, 15) is 9.59 Å². The molecule has 0 unspecified atom stereocenters. The molecule has 0 bridgehead atoms. The number of fused-ring (bicyclic) bond motifs is 1. The van der Waals surface area contributed by atoms with Gasteiger partial charge in [-0.25, -0.2) is 4.99 Å². The summed E-state index contributed by atoms with van der Waals surface area (Å²) in [7, 11) is 3.42. The molecule has 1 heterocycles. The lowest BCUT2D eigenvalue weighted by Crippen LogP contribution is -2.39. The van der Waals surface area contributed by atoms with Crippen molar-refractivity contribution in [1.29, 1.82) is 0 Å². The minimum absolute atomic E-state index is 0.0509. The monoisotopic (exact) mass is 359 g/mol. The topological polar surface area (TPSA) is 77.0 Å². The fraction of sp³-hybridized carbons (Fsp3) is 0.526. The Bertz CT molecular complexity index is 657. The van der Waals surface area contributed by atoms with Crippen LogP contribution in [0.1, 0.15) is 25.3 Å². The van der Waals surface area contributed by atoms with Gasteiger partial charge in [-0.3, -0.25) is 9.59 Å². The van der Waals surface area contributed by atoms with E-state index in [0.717, 1.165) is 18.7 Å². The Kier molecular flexibility index (Phi) is 7.44. The summed E-state index contributed by atoms with van der Waals surface area (Å²) >= 11 is 0. The van der Waals surface area contributed by atoms with Crippen molar-refractivity contribution in [2.45, 2.75) is 26.2 Å². The average molecular weight is 359 g/mol. The van der Waals surface area contributed by atoms with Crippen LogP contribution in [0.2, 0.25) is 0 Å². The summed E-state index contributed by atoms with van der Waals surface area (Å²) in [4.78, 5) is 31.8. The Labute approximate surface area is 155 Å².